The maximum absolute atomic E-state index is 12.3. The highest BCUT2D eigenvalue weighted by Gasteiger charge is 2.36. The van der Waals surface area contributed by atoms with E-state index in [4.69, 9.17) is 4.74 Å². The van der Waals surface area contributed by atoms with Crippen molar-refractivity contribution in [2.24, 2.45) is 5.92 Å². The predicted molar refractivity (Wildman–Crippen MR) is 111 cm³/mol. The number of nitrogens with one attached hydrogen (secondary N) is 1. The number of methoxy groups -OCH3 is 1. The number of hydrogen-bond donors (Lipinski definition) is 1. The van der Waals surface area contributed by atoms with Gasteiger partial charge >= 0.3 is 11.9 Å². The molecule has 1 aliphatic rings. The van der Waals surface area contributed by atoms with Gasteiger partial charge in [0.15, 0.2) is 6.61 Å². The quantitative estimate of drug-likeness (QED) is 0.390. The number of carbonyl (C=O) groups is 4. The minimum Gasteiger partial charge on any atom is -0.465 e. The fourth-order valence-electron chi connectivity index (χ4n) is 3.15. The van der Waals surface area contributed by atoms with Crippen LogP contribution in [-0.2, 0) is 23.9 Å². The number of anilines is 2. The van der Waals surface area contributed by atoms with Gasteiger partial charge in [0.05, 0.1) is 29.2 Å². The fourth-order valence-corrected chi connectivity index (χ4v) is 3.15. The molecule has 0 bridgehead atoms. The van der Waals surface area contributed by atoms with Gasteiger partial charge in [-0.2, -0.15) is 0 Å². The van der Waals surface area contributed by atoms with E-state index in [0.29, 0.717) is 16.9 Å². The summed E-state index contributed by atoms with van der Waals surface area (Å²) < 4.78 is 9.61. The first-order valence-corrected chi connectivity index (χ1v) is 9.48. The molecule has 0 aromatic heterocycles. The van der Waals surface area contributed by atoms with Crippen LogP contribution in [0.15, 0.2) is 48.5 Å². The Kier molecular flexibility index (Phi) is 6.78. The van der Waals surface area contributed by atoms with Crippen molar-refractivity contribution in [3.05, 3.63) is 64.2 Å². The first-order chi connectivity index (χ1) is 15.3. The molecular formula is C21H19N3O8. The number of hydrogen-bond acceptors (Lipinski definition) is 8. The summed E-state index contributed by atoms with van der Waals surface area (Å²) in [6.07, 6.45) is -0.127. The first-order valence-electron chi connectivity index (χ1n) is 9.48. The van der Waals surface area contributed by atoms with Crippen molar-refractivity contribution >= 4 is 40.8 Å². The normalized spacial score (nSPS) is 15.2. The molecule has 2 aromatic carbocycles. The van der Waals surface area contributed by atoms with Gasteiger partial charge in [0.1, 0.15) is 0 Å². The zero-order valence-corrected chi connectivity index (χ0v) is 17.0. The Hall–Kier alpha value is -4.28. The molecule has 3 rings (SSSR count). The minimum atomic E-state index is -0.797. The van der Waals surface area contributed by atoms with Crippen LogP contribution in [0.25, 0.3) is 0 Å². The van der Waals surface area contributed by atoms with Crippen LogP contribution in [0.1, 0.15) is 16.8 Å². The number of esters is 2. The second-order valence-corrected chi connectivity index (χ2v) is 6.91. The molecule has 2 amide bonds. The number of nitrogens with zero attached hydrogens (tertiary/aromatic N) is 2. The molecule has 0 radical (unpaired) electrons. The van der Waals surface area contributed by atoms with Crippen molar-refractivity contribution < 1.29 is 33.6 Å². The second-order valence-electron chi connectivity index (χ2n) is 6.91. The number of rotatable bonds is 7. The Morgan fingerprint density at radius 2 is 1.91 bits per heavy atom. The Bertz CT molecular complexity index is 1070. The van der Waals surface area contributed by atoms with E-state index in [-0.39, 0.29) is 24.6 Å². The van der Waals surface area contributed by atoms with E-state index >= 15 is 0 Å². The van der Waals surface area contributed by atoms with Crippen molar-refractivity contribution in [3.63, 3.8) is 0 Å². The maximum atomic E-state index is 12.3. The molecular weight excluding hydrogens is 422 g/mol. The molecule has 11 nitrogen and oxygen atoms in total. The molecule has 2 aromatic rings. The molecule has 166 valence electrons. The molecule has 1 aliphatic heterocycles. The van der Waals surface area contributed by atoms with E-state index in [1.807, 2.05) is 0 Å². The lowest BCUT2D eigenvalue weighted by atomic mass is 10.1. The van der Waals surface area contributed by atoms with Gasteiger partial charge in [0.25, 0.3) is 11.6 Å². The lowest BCUT2D eigenvalue weighted by molar-refractivity contribution is -0.384. The summed E-state index contributed by atoms with van der Waals surface area (Å²) >= 11 is 0. The van der Waals surface area contributed by atoms with Gasteiger partial charge in [0, 0.05) is 30.8 Å². The highest BCUT2D eigenvalue weighted by molar-refractivity contribution is 6.00. The van der Waals surface area contributed by atoms with Gasteiger partial charge in [-0.1, -0.05) is 6.07 Å². The molecule has 1 fully saturated rings. The summed E-state index contributed by atoms with van der Waals surface area (Å²) in [5.41, 5.74) is 0.855. The number of nitro groups is 1. The van der Waals surface area contributed by atoms with Crippen molar-refractivity contribution in [2.75, 3.05) is 30.5 Å². The van der Waals surface area contributed by atoms with E-state index < -0.39 is 35.3 Å². The van der Waals surface area contributed by atoms with Crippen LogP contribution in [0.3, 0.4) is 0 Å². The number of nitro benzene ring substituents is 1. The van der Waals surface area contributed by atoms with Gasteiger partial charge in [-0.15, -0.1) is 0 Å². The molecule has 0 saturated carbocycles. The smallest absolute Gasteiger partial charge is 0.337 e. The van der Waals surface area contributed by atoms with Crippen LogP contribution in [0.2, 0.25) is 0 Å². The molecule has 0 spiro atoms. The van der Waals surface area contributed by atoms with Gasteiger partial charge in [-0.25, -0.2) is 4.79 Å². The molecule has 11 heteroatoms. The van der Waals surface area contributed by atoms with Crippen molar-refractivity contribution in [3.8, 4) is 0 Å². The molecule has 1 saturated heterocycles. The number of carbonyl (C=O) groups excluding carboxylic acids is 4. The van der Waals surface area contributed by atoms with E-state index in [1.165, 1.54) is 60.5 Å². The monoisotopic (exact) mass is 441 g/mol. The van der Waals surface area contributed by atoms with Gasteiger partial charge in [-0.3, -0.25) is 24.5 Å². The Balaban J connectivity index is 1.52. The lowest BCUT2D eigenvalue weighted by Crippen LogP contribution is -2.28. The summed E-state index contributed by atoms with van der Waals surface area (Å²) in [5, 5.41) is 13.5. The van der Waals surface area contributed by atoms with Crippen LogP contribution in [0, 0.1) is 16.0 Å². The first kappa shape index (κ1) is 22.4. The highest BCUT2D eigenvalue weighted by atomic mass is 16.6. The van der Waals surface area contributed by atoms with Gasteiger partial charge in [0.2, 0.25) is 5.91 Å². The average Bonchev–Trinajstić information content (AvgIpc) is 3.19. The van der Waals surface area contributed by atoms with Crippen molar-refractivity contribution in [2.45, 2.75) is 6.42 Å². The molecule has 32 heavy (non-hydrogen) atoms. The third-order valence-corrected chi connectivity index (χ3v) is 4.75. The van der Waals surface area contributed by atoms with Gasteiger partial charge < -0.3 is 19.7 Å². The standard InChI is InChI=1S/C21H19N3O8/c1-31-20(27)13-5-7-15(8-6-13)22-18(25)12-32-21(28)14-9-19(26)23(11-14)16-3-2-4-17(10-16)24(29)30/h2-8,10,14H,9,11-12H2,1H3,(H,22,25)/t14-/m1/s1. The molecule has 1 atom stereocenters. The third-order valence-electron chi connectivity index (χ3n) is 4.75. The number of benzene rings is 2. The predicted octanol–water partition coefficient (Wildman–Crippen LogP) is 1.92. The van der Waals surface area contributed by atoms with Crippen molar-refractivity contribution in [1.29, 1.82) is 0 Å². The molecule has 1 N–H and O–H groups in total. The zero-order chi connectivity index (χ0) is 23.3. The van der Waals surface area contributed by atoms with E-state index in [9.17, 15) is 29.3 Å². The zero-order valence-electron chi connectivity index (χ0n) is 17.0. The third kappa shape index (κ3) is 5.25. The summed E-state index contributed by atoms with van der Waals surface area (Å²) in [5.74, 6) is -3.00. The maximum Gasteiger partial charge on any atom is 0.337 e. The van der Waals surface area contributed by atoms with Gasteiger partial charge in [-0.05, 0) is 30.3 Å². The van der Waals surface area contributed by atoms with Crippen molar-refractivity contribution in [1.82, 2.24) is 0 Å². The SMILES string of the molecule is COC(=O)c1ccc(NC(=O)COC(=O)[C@@H]2CC(=O)N(c3cccc([N+](=O)[O-])c3)C2)cc1. The topological polar surface area (TPSA) is 145 Å². The second kappa shape index (κ2) is 9.69. The number of amides is 2. The van der Waals surface area contributed by atoms with Crippen LogP contribution in [-0.4, -0.2) is 48.9 Å². The highest BCUT2D eigenvalue weighted by Crippen LogP contribution is 2.28. The van der Waals surface area contributed by atoms with Crippen LogP contribution < -0.4 is 10.2 Å². The minimum absolute atomic E-state index is 0.00452. The summed E-state index contributed by atoms with van der Waals surface area (Å²) in [6, 6.07) is 11.5. The molecule has 0 unspecified atom stereocenters. The molecule has 1 heterocycles. The van der Waals surface area contributed by atoms with Crippen LogP contribution in [0.5, 0.6) is 0 Å². The Labute approximate surface area is 182 Å². The lowest BCUT2D eigenvalue weighted by Gasteiger charge is -2.16. The summed E-state index contributed by atoms with van der Waals surface area (Å²) in [7, 11) is 1.26. The number of non-ortho nitro benzene ring substituents is 1. The largest absolute Gasteiger partial charge is 0.465 e. The van der Waals surface area contributed by atoms with Crippen LogP contribution >= 0.6 is 0 Å². The fraction of sp³-hybridized carbons (Fsp3) is 0.238. The summed E-state index contributed by atoms with van der Waals surface area (Å²) in [6.45, 7) is -0.561. The van der Waals surface area contributed by atoms with E-state index in [0.717, 1.165) is 0 Å². The Morgan fingerprint density at radius 3 is 2.56 bits per heavy atom. The van der Waals surface area contributed by atoms with E-state index in [2.05, 4.69) is 10.1 Å². The average molecular weight is 441 g/mol. The van der Waals surface area contributed by atoms with Crippen LogP contribution in [0.4, 0.5) is 17.1 Å². The molecule has 0 aliphatic carbocycles. The van der Waals surface area contributed by atoms with E-state index in [1.54, 1.807) is 0 Å². The Morgan fingerprint density at radius 1 is 1.19 bits per heavy atom. The number of ether oxygens (including phenoxy) is 2. The summed E-state index contributed by atoms with van der Waals surface area (Å²) in [4.78, 5) is 59.7.